The lowest BCUT2D eigenvalue weighted by molar-refractivity contribution is -0.384. The van der Waals surface area contributed by atoms with Crippen LogP contribution in [0.2, 0.25) is 0 Å². The molecule has 0 saturated carbocycles. The first-order valence-corrected chi connectivity index (χ1v) is 11.1. The van der Waals surface area contributed by atoms with Gasteiger partial charge in [-0.25, -0.2) is 9.59 Å². The van der Waals surface area contributed by atoms with Crippen molar-refractivity contribution in [2.45, 2.75) is 38.9 Å². The summed E-state index contributed by atoms with van der Waals surface area (Å²) >= 11 is 6.28. The zero-order valence-electron chi connectivity index (χ0n) is 17.7. The van der Waals surface area contributed by atoms with Crippen LogP contribution in [0.1, 0.15) is 39.2 Å². The standard InChI is InChI=1S/C21H24N2O6S2/c1-5-28-20(24)16-12(3)22-19(13(4)31-11-30)18(21(25)29-6-2)17(16)14-8-7-9-15(10-14)23(26)27/h7-11,13,17,22H,5-6H2,1-4H3. The molecule has 0 amide bonds. The quantitative estimate of drug-likeness (QED) is 0.251. The third-order valence-corrected chi connectivity index (χ3v) is 5.75. The third kappa shape index (κ3) is 5.50. The fourth-order valence-corrected chi connectivity index (χ4v) is 4.38. The number of rotatable bonds is 9. The molecule has 166 valence electrons. The summed E-state index contributed by atoms with van der Waals surface area (Å²) in [7, 11) is 0. The van der Waals surface area contributed by atoms with Gasteiger partial charge in [0, 0.05) is 33.5 Å². The summed E-state index contributed by atoms with van der Waals surface area (Å²) < 4.78 is 12.0. The molecular weight excluding hydrogens is 440 g/mol. The maximum atomic E-state index is 13.1. The minimum Gasteiger partial charge on any atom is -0.463 e. The van der Waals surface area contributed by atoms with Gasteiger partial charge in [-0.1, -0.05) is 24.4 Å². The van der Waals surface area contributed by atoms with Crippen molar-refractivity contribution in [2.75, 3.05) is 13.2 Å². The van der Waals surface area contributed by atoms with E-state index in [1.807, 2.05) is 6.92 Å². The van der Waals surface area contributed by atoms with E-state index in [1.165, 1.54) is 34.7 Å². The minimum absolute atomic E-state index is 0.128. The van der Waals surface area contributed by atoms with Crippen LogP contribution in [0.3, 0.4) is 0 Å². The Labute approximate surface area is 190 Å². The Bertz CT molecular complexity index is 957. The molecular formula is C21H24N2O6S2. The van der Waals surface area contributed by atoms with Crippen LogP contribution < -0.4 is 5.32 Å². The first-order chi connectivity index (χ1) is 14.8. The zero-order valence-corrected chi connectivity index (χ0v) is 19.3. The molecule has 2 atom stereocenters. The molecule has 1 heterocycles. The van der Waals surface area contributed by atoms with E-state index in [0.29, 0.717) is 17.0 Å². The van der Waals surface area contributed by atoms with Gasteiger partial charge in [-0.15, -0.1) is 11.8 Å². The number of ether oxygens (including phenoxy) is 2. The number of hydrogen-bond acceptors (Lipinski definition) is 9. The van der Waals surface area contributed by atoms with E-state index in [4.69, 9.17) is 21.7 Å². The molecule has 0 aromatic heterocycles. The van der Waals surface area contributed by atoms with Gasteiger partial charge in [-0.3, -0.25) is 10.1 Å². The minimum atomic E-state index is -0.901. The predicted molar refractivity (Wildman–Crippen MR) is 123 cm³/mol. The summed E-state index contributed by atoms with van der Waals surface area (Å²) in [5.74, 6) is -2.13. The van der Waals surface area contributed by atoms with Gasteiger partial charge in [0.2, 0.25) is 0 Å². The van der Waals surface area contributed by atoms with E-state index in [9.17, 15) is 19.7 Å². The number of nitrogens with one attached hydrogen (secondary N) is 1. The summed E-state index contributed by atoms with van der Waals surface area (Å²) in [6.07, 6.45) is 0. The smallest absolute Gasteiger partial charge is 0.336 e. The van der Waals surface area contributed by atoms with Crippen molar-refractivity contribution in [3.05, 3.63) is 62.5 Å². The summed E-state index contributed by atoms with van der Waals surface area (Å²) in [6.45, 7) is 7.19. The molecule has 10 heteroatoms. The molecule has 2 rings (SSSR count). The summed E-state index contributed by atoms with van der Waals surface area (Å²) in [5, 5.41) is 14.3. The zero-order chi connectivity index (χ0) is 23.1. The molecule has 1 aromatic carbocycles. The van der Waals surface area contributed by atoms with Gasteiger partial charge >= 0.3 is 11.9 Å². The number of non-ortho nitro benzene ring substituents is 1. The molecule has 0 fully saturated rings. The van der Waals surface area contributed by atoms with Gasteiger partial charge in [0.1, 0.15) is 0 Å². The van der Waals surface area contributed by atoms with Crippen molar-refractivity contribution in [2.24, 2.45) is 0 Å². The molecule has 0 saturated heterocycles. The summed E-state index contributed by atoms with van der Waals surface area (Å²) in [5.41, 5.74) is 1.70. The number of carbonyl (C=O) groups is 2. The van der Waals surface area contributed by atoms with E-state index in [1.54, 1.807) is 26.8 Å². The molecule has 1 aromatic rings. The number of hydrogen-bond donors (Lipinski definition) is 1. The van der Waals surface area contributed by atoms with Gasteiger partial charge in [0.05, 0.1) is 35.2 Å². The number of thioether (sulfide) groups is 1. The van der Waals surface area contributed by atoms with Crippen molar-refractivity contribution >= 4 is 46.3 Å². The van der Waals surface area contributed by atoms with Crippen molar-refractivity contribution < 1.29 is 24.0 Å². The van der Waals surface area contributed by atoms with Crippen LogP contribution >= 0.6 is 24.0 Å². The molecule has 1 aliphatic heterocycles. The van der Waals surface area contributed by atoms with Gasteiger partial charge in [0.15, 0.2) is 0 Å². The highest BCUT2D eigenvalue weighted by molar-refractivity contribution is 8.21. The van der Waals surface area contributed by atoms with Crippen molar-refractivity contribution in [3.63, 3.8) is 0 Å². The summed E-state index contributed by atoms with van der Waals surface area (Å²) in [4.78, 5) is 36.8. The SMILES string of the molecule is CCOC(=O)C1=C(C)NC(C(C)SC=S)=C(C(=O)OCC)C1c1cccc([N+](=O)[O-])c1. The van der Waals surface area contributed by atoms with Crippen LogP contribution in [0.15, 0.2) is 46.8 Å². The van der Waals surface area contributed by atoms with Crippen LogP contribution in [0.4, 0.5) is 5.69 Å². The molecule has 0 aliphatic carbocycles. The predicted octanol–water partition coefficient (Wildman–Crippen LogP) is 4.01. The Morgan fingerprint density at radius 2 is 1.87 bits per heavy atom. The lowest BCUT2D eigenvalue weighted by Crippen LogP contribution is -2.36. The average Bonchev–Trinajstić information content (AvgIpc) is 2.73. The van der Waals surface area contributed by atoms with Crippen molar-refractivity contribution in [1.29, 1.82) is 0 Å². The Morgan fingerprint density at radius 1 is 1.26 bits per heavy atom. The molecule has 0 bridgehead atoms. The average molecular weight is 465 g/mol. The second kappa shape index (κ2) is 11.1. The largest absolute Gasteiger partial charge is 0.463 e. The Kier molecular flexibility index (Phi) is 8.76. The molecule has 1 aliphatic rings. The second-order valence-electron chi connectivity index (χ2n) is 6.59. The van der Waals surface area contributed by atoms with Crippen molar-refractivity contribution in [3.8, 4) is 0 Å². The van der Waals surface area contributed by atoms with E-state index < -0.39 is 22.8 Å². The van der Waals surface area contributed by atoms with Crippen LogP contribution in [0.5, 0.6) is 0 Å². The molecule has 2 unspecified atom stereocenters. The first-order valence-electron chi connectivity index (χ1n) is 9.66. The number of esters is 2. The highest BCUT2D eigenvalue weighted by Gasteiger charge is 2.40. The number of carbonyl (C=O) groups excluding carboxylic acids is 2. The summed E-state index contributed by atoms with van der Waals surface area (Å²) in [6, 6.07) is 5.87. The normalized spacial score (nSPS) is 17.0. The lowest BCUT2D eigenvalue weighted by atomic mass is 9.79. The number of benzene rings is 1. The number of dihydropyridines is 1. The van der Waals surface area contributed by atoms with E-state index in [2.05, 4.69) is 5.32 Å². The molecule has 31 heavy (non-hydrogen) atoms. The number of nitrogens with zero attached hydrogens (tertiary/aromatic N) is 1. The highest BCUT2D eigenvalue weighted by atomic mass is 32.2. The Balaban J connectivity index is 2.81. The molecule has 8 nitrogen and oxygen atoms in total. The van der Waals surface area contributed by atoms with E-state index in [0.717, 1.165) is 0 Å². The topological polar surface area (TPSA) is 108 Å². The lowest BCUT2D eigenvalue weighted by Gasteiger charge is -2.33. The molecule has 0 radical (unpaired) electrons. The van der Waals surface area contributed by atoms with Crippen molar-refractivity contribution in [1.82, 2.24) is 5.32 Å². The molecule has 1 N–H and O–H groups in total. The van der Waals surface area contributed by atoms with Crippen LogP contribution in [-0.2, 0) is 19.1 Å². The van der Waals surface area contributed by atoms with Gasteiger partial charge in [0.25, 0.3) is 5.69 Å². The number of nitro groups is 1. The maximum absolute atomic E-state index is 13.1. The maximum Gasteiger partial charge on any atom is 0.336 e. The van der Waals surface area contributed by atoms with E-state index >= 15 is 0 Å². The fourth-order valence-electron chi connectivity index (χ4n) is 3.39. The van der Waals surface area contributed by atoms with Crippen LogP contribution in [0, 0.1) is 10.1 Å². The Hall–Kier alpha value is -2.72. The number of nitro benzene ring substituents is 1. The van der Waals surface area contributed by atoms with Gasteiger partial charge in [-0.05, 0) is 33.3 Å². The van der Waals surface area contributed by atoms with Gasteiger partial charge in [-0.2, -0.15) is 0 Å². The van der Waals surface area contributed by atoms with Gasteiger partial charge < -0.3 is 14.8 Å². The monoisotopic (exact) mass is 464 g/mol. The number of allylic oxidation sites excluding steroid dienone is 1. The van der Waals surface area contributed by atoms with E-state index in [-0.39, 0.29) is 35.3 Å². The fraction of sp³-hybridized carbons (Fsp3) is 0.381. The number of thiocarbonyl (C=S) groups is 1. The Morgan fingerprint density at radius 3 is 2.42 bits per heavy atom. The third-order valence-electron chi connectivity index (χ3n) is 4.66. The van der Waals surface area contributed by atoms with Crippen LogP contribution in [0.25, 0.3) is 0 Å². The second-order valence-corrected chi connectivity index (χ2v) is 8.34. The molecule has 0 spiro atoms. The highest BCUT2D eigenvalue weighted by Crippen LogP contribution is 2.42. The van der Waals surface area contributed by atoms with Crippen LogP contribution in [-0.4, -0.2) is 40.0 Å². The first kappa shape index (κ1) is 24.5.